The van der Waals surface area contributed by atoms with Crippen LogP contribution < -0.4 is 10.6 Å². The Balaban J connectivity index is 1.39. The number of rotatable bonds is 6. The van der Waals surface area contributed by atoms with E-state index < -0.39 is 0 Å². The van der Waals surface area contributed by atoms with Crippen LogP contribution in [0.4, 0.5) is 5.69 Å². The van der Waals surface area contributed by atoms with Gasteiger partial charge in [-0.15, -0.1) is 0 Å². The summed E-state index contributed by atoms with van der Waals surface area (Å²) in [5.41, 5.74) is 1.20. The van der Waals surface area contributed by atoms with E-state index in [2.05, 4.69) is 15.5 Å². The van der Waals surface area contributed by atoms with Crippen molar-refractivity contribution >= 4 is 23.4 Å². The van der Waals surface area contributed by atoms with Crippen molar-refractivity contribution in [2.75, 3.05) is 77.9 Å². The normalized spacial score (nSPS) is 18.3. The second kappa shape index (κ2) is 10.3. The molecule has 2 N–H and O–H groups in total. The summed E-state index contributed by atoms with van der Waals surface area (Å²) < 4.78 is 5.31. The number of carbonyl (C=O) groups is 3. The predicted molar refractivity (Wildman–Crippen MR) is 109 cm³/mol. The summed E-state index contributed by atoms with van der Waals surface area (Å²) in [6, 6.07) is 6.77. The Morgan fingerprint density at radius 2 is 1.52 bits per heavy atom. The number of morpholine rings is 1. The van der Waals surface area contributed by atoms with E-state index in [0.717, 1.165) is 13.1 Å². The second-order valence-corrected chi connectivity index (χ2v) is 7.25. The molecule has 0 bridgehead atoms. The number of hydrogen-bond acceptors (Lipinski definition) is 6. The molecule has 0 saturated carbocycles. The molecule has 2 aliphatic heterocycles. The lowest BCUT2D eigenvalue weighted by atomic mass is 10.2. The minimum Gasteiger partial charge on any atom is -0.379 e. The fraction of sp³-hybridized carbons (Fsp3) is 0.550. The minimum atomic E-state index is -0.163. The summed E-state index contributed by atoms with van der Waals surface area (Å²) >= 11 is 0. The summed E-state index contributed by atoms with van der Waals surface area (Å²) in [4.78, 5) is 42.4. The number of amides is 3. The van der Waals surface area contributed by atoms with Crippen LogP contribution in [-0.4, -0.2) is 105 Å². The first kappa shape index (κ1) is 21.2. The molecule has 2 fully saturated rings. The fourth-order valence-electron chi connectivity index (χ4n) is 3.46. The zero-order valence-electron chi connectivity index (χ0n) is 16.9. The Hall–Kier alpha value is -2.49. The van der Waals surface area contributed by atoms with E-state index >= 15 is 0 Å². The van der Waals surface area contributed by atoms with Crippen molar-refractivity contribution in [2.45, 2.75) is 0 Å². The number of benzene rings is 1. The van der Waals surface area contributed by atoms with Crippen LogP contribution in [0.25, 0.3) is 0 Å². The Kier molecular flexibility index (Phi) is 7.56. The van der Waals surface area contributed by atoms with Gasteiger partial charge in [-0.05, 0) is 24.3 Å². The first-order valence-electron chi connectivity index (χ1n) is 9.97. The SMILES string of the molecule is CNC(=O)c1ccc(NC(=O)CN2CCN(C(=O)CN3CCOCC3)CC2)cc1. The number of ether oxygens (including phenoxy) is 1. The van der Waals surface area contributed by atoms with Crippen molar-refractivity contribution in [2.24, 2.45) is 0 Å². The van der Waals surface area contributed by atoms with Gasteiger partial charge in [-0.3, -0.25) is 24.2 Å². The number of anilines is 1. The second-order valence-electron chi connectivity index (χ2n) is 7.25. The Bertz CT molecular complexity index is 710. The molecule has 29 heavy (non-hydrogen) atoms. The Morgan fingerprint density at radius 1 is 0.897 bits per heavy atom. The van der Waals surface area contributed by atoms with Gasteiger partial charge in [0.05, 0.1) is 26.3 Å². The van der Waals surface area contributed by atoms with Crippen molar-refractivity contribution in [3.05, 3.63) is 29.8 Å². The largest absolute Gasteiger partial charge is 0.379 e. The van der Waals surface area contributed by atoms with Gasteiger partial charge in [0, 0.05) is 57.6 Å². The van der Waals surface area contributed by atoms with Crippen molar-refractivity contribution in [3.8, 4) is 0 Å². The molecular formula is C20H29N5O4. The Labute approximate surface area is 171 Å². The third-order valence-electron chi connectivity index (χ3n) is 5.21. The van der Waals surface area contributed by atoms with Gasteiger partial charge in [-0.2, -0.15) is 0 Å². The topological polar surface area (TPSA) is 94.2 Å². The maximum absolute atomic E-state index is 12.5. The maximum atomic E-state index is 12.5. The summed E-state index contributed by atoms with van der Waals surface area (Å²) in [6.45, 7) is 6.32. The highest BCUT2D eigenvalue weighted by molar-refractivity contribution is 5.96. The molecule has 2 saturated heterocycles. The average molecular weight is 403 g/mol. The molecule has 9 heteroatoms. The lowest BCUT2D eigenvalue weighted by Crippen LogP contribution is -2.53. The fourth-order valence-corrected chi connectivity index (χ4v) is 3.46. The van der Waals surface area contributed by atoms with E-state index in [1.807, 2.05) is 9.80 Å². The van der Waals surface area contributed by atoms with Crippen LogP contribution in [0.3, 0.4) is 0 Å². The third kappa shape index (κ3) is 6.25. The van der Waals surface area contributed by atoms with E-state index in [0.29, 0.717) is 57.2 Å². The predicted octanol–water partition coefficient (Wildman–Crippen LogP) is -0.539. The summed E-state index contributed by atoms with van der Waals surface area (Å²) in [5.74, 6) is -0.123. The van der Waals surface area contributed by atoms with Gasteiger partial charge in [0.1, 0.15) is 0 Å². The first-order chi connectivity index (χ1) is 14.0. The molecule has 1 aromatic carbocycles. The molecule has 9 nitrogen and oxygen atoms in total. The van der Waals surface area contributed by atoms with Crippen LogP contribution in [0.5, 0.6) is 0 Å². The van der Waals surface area contributed by atoms with Gasteiger partial charge in [0.15, 0.2) is 0 Å². The van der Waals surface area contributed by atoms with Crippen LogP contribution in [0.2, 0.25) is 0 Å². The van der Waals surface area contributed by atoms with Crippen LogP contribution in [-0.2, 0) is 14.3 Å². The monoisotopic (exact) mass is 403 g/mol. The van der Waals surface area contributed by atoms with Crippen molar-refractivity contribution in [1.29, 1.82) is 0 Å². The maximum Gasteiger partial charge on any atom is 0.251 e. The molecule has 0 unspecified atom stereocenters. The van der Waals surface area contributed by atoms with Crippen molar-refractivity contribution in [3.63, 3.8) is 0 Å². The summed E-state index contributed by atoms with van der Waals surface area (Å²) in [6.07, 6.45) is 0. The van der Waals surface area contributed by atoms with E-state index in [1.54, 1.807) is 31.3 Å². The number of nitrogens with zero attached hydrogens (tertiary/aromatic N) is 3. The smallest absolute Gasteiger partial charge is 0.251 e. The van der Waals surface area contributed by atoms with Gasteiger partial charge in [0.25, 0.3) is 5.91 Å². The van der Waals surface area contributed by atoms with E-state index in [1.165, 1.54) is 0 Å². The molecule has 0 spiro atoms. The highest BCUT2D eigenvalue weighted by Gasteiger charge is 2.24. The van der Waals surface area contributed by atoms with E-state index in [9.17, 15) is 14.4 Å². The molecule has 2 heterocycles. The Morgan fingerprint density at radius 3 is 2.14 bits per heavy atom. The van der Waals surface area contributed by atoms with Gasteiger partial charge in [-0.1, -0.05) is 0 Å². The molecule has 3 rings (SSSR count). The third-order valence-corrected chi connectivity index (χ3v) is 5.21. The molecule has 0 radical (unpaired) electrons. The summed E-state index contributed by atoms with van der Waals surface area (Å²) in [7, 11) is 1.58. The van der Waals surface area contributed by atoms with Gasteiger partial charge in [-0.25, -0.2) is 0 Å². The molecule has 2 aliphatic rings. The molecule has 0 aromatic heterocycles. The molecule has 1 aromatic rings. The van der Waals surface area contributed by atoms with Crippen LogP contribution in [0.15, 0.2) is 24.3 Å². The molecular weight excluding hydrogens is 374 g/mol. The number of carbonyl (C=O) groups excluding carboxylic acids is 3. The lowest BCUT2D eigenvalue weighted by Gasteiger charge is -2.36. The van der Waals surface area contributed by atoms with Crippen LogP contribution >= 0.6 is 0 Å². The van der Waals surface area contributed by atoms with Crippen molar-refractivity contribution < 1.29 is 19.1 Å². The standard InChI is InChI=1S/C20H29N5O4/c1-21-20(28)16-2-4-17(5-3-16)22-18(26)14-23-6-8-25(9-7-23)19(27)15-24-10-12-29-13-11-24/h2-5H,6-15H2,1H3,(H,21,28)(H,22,26). The first-order valence-corrected chi connectivity index (χ1v) is 9.97. The highest BCUT2D eigenvalue weighted by Crippen LogP contribution is 2.10. The molecule has 0 aliphatic carbocycles. The summed E-state index contributed by atoms with van der Waals surface area (Å²) in [5, 5.41) is 5.41. The van der Waals surface area contributed by atoms with Crippen LogP contribution in [0, 0.1) is 0 Å². The number of nitrogens with one attached hydrogen (secondary N) is 2. The number of piperazine rings is 1. The van der Waals surface area contributed by atoms with Crippen molar-refractivity contribution in [1.82, 2.24) is 20.0 Å². The number of hydrogen-bond donors (Lipinski definition) is 2. The van der Waals surface area contributed by atoms with Gasteiger partial charge < -0.3 is 20.3 Å². The van der Waals surface area contributed by atoms with E-state index in [4.69, 9.17) is 4.74 Å². The lowest BCUT2D eigenvalue weighted by molar-refractivity contribution is -0.135. The zero-order chi connectivity index (χ0) is 20.6. The quantitative estimate of drug-likeness (QED) is 0.663. The van der Waals surface area contributed by atoms with Gasteiger partial charge >= 0.3 is 0 Å². The molecule has 158 valence electrons. The highest BCUT2D eigenvalue weighted by atomic mass is 16.5. The average Bonchev–Trinajstić information content (AvgIpc) is 2.75. The van der Waals surface area contributed by atoms with E-state index in [-0.39, 0.29) is 24.3 Å². The molecule has 0 atom stereocenters. The van der Waals surface area contributed by atoms with Crippen LogP contribution in [0.1, 0.15) is 10.4 Å². The molecule has 3 amide bonds. The van der Waals surface area contributed by atoms with Gasteiger partial charge in [0.2, 0.25) is 11.8 Å². The minimum absolute atomic E-state index is 0.106. The zero-order valence-corrected chi connectivity index (χ0v) is 16.9.